The number of amides is 2. The number of hydrogen-bond acceptors (Lipinski definition) is 4. The van der Waals surface area contributed by atoms with Gasteiger partial charge in [0.1, 0.15) is 5.56 Å². The Bertz CT molecular complexity index is 1360. The van der Waals surface area contributed by atoms with Crippen LogP contribution in [0.25, 0.3) is 5.69 Å². The third kappa shape index (κ3) is 4.37. The Balaban J connectivity index is 1.79. The van der Waals surface area contributed by atoms with Gasteiger partial charge >= 0.3 is 17.7 Å². The van der Waals surface area contributed by atoms with E-state index in [0.717, 1.165) is 21.8 Å². The van der Waals surface area contributed by atoms with E-state index in [4.69, 9.17) is 23.2 Å². The van der Waals surface area contributed by atoms with E-state index in [0.29, 0.717) is 30.0 Å². The number of rotatable bonds is 5. The van der Waals surface area contributed by atoms with Crippen molar-refractivity contribution < 1.29 is 14.7 Å². The predicted octanol–water partition coefficient (Wildman–Crippen LogP) is 2.97. The van der Waals surface area contributed by atoms with Gasteiger partial charge < -0.3 is 10.4 Å². The number of carboxylic acids is 1. The summed E-state index contributed by atoms with van der Waals surface area (Å²) >= 11 is 12.2. The van der Waals surface area contributed by atoms with Crippen LogP contribution in [0.15, 0.2) is 58.3 Å². The topological polar surface area (TPSA) is 114 Å². The van der Waals surface area contributed by atoms with Crippen molar-refractivity contribution in [3.05, 3.63) is 90.7 Å². The summed E-state index contributed by atoms with van der Waals surface area (Å²) in [5.41, 5.74) is -0.932. The molecule has 1 fully saturated rings. The van der Waals surface area contributed by atoms with Crippen molar-refractivity contribution in [2.24, 2.45) is 0 Å². The van der Waals surface area contributed by atoms with Crippen LogP contribution in [0, 0.1) is 0 Å². The highest BCUT2D eigenvalue weighted by Crippen LogP contribution is 2.26. The lowest BCUT2D eigenvalue weighted by Gasteiger charge is -2.27. The monoisotopic (exact) mass is 488 g/mol. The minimum absolute atomic E-state index is 0.168. The van der Waals surface area contributed by atoms with Crippen molar-refractivity contribution in [3.8, 4) is 5.69 Å². The van der Waals surface area contributed by atoms with E-state index in [1.807, 2.05) is 0 Å². The van der Waals surface area contributed by atoms with Gasteiger partial charge in [-0.05, 0) is 42.3 Å². The van der Waals surface area contributed by atoms with E-state index in [2.05, 4.69) is 5.32 Å². The summed E-state index contributed by atoms with van der Waals surface area (Å²) in [5.74, 6) is -1.47. The third-order valence-electron chi connectivity index (χ3n) is 5.28. The number of carbonyl (C=O) groups is 2. The first-order valence-corrected chi connectivity index (χ1v) is 10.7. The first-order valence-electron chi connectivity index (χ1n) is 9.96. The molecule has 0 spiro atoms. The SMILES string of the molecule is O=C(O)c1cn(-c2ccc(N3CCCNC3=O)cc2)c(=O)n(Cc2cccc(Cl)c2Cl)c1=O. The van der Waals surface area contributed by atoms with E-state index < -0.39 is 22.8 Å². The van der Waals surface area contributed by atoms with Crippen LogP contribution < -0.4 is 21.5 Å². The molecule has 33 heavy (non-hydrogen) atoms. The van der Waals surface area contributed by atoms with Gasteiger partial charge in [0.05, 0.1) is 22.3 Å². The summed E-state index contributed by atoms with van der Waals surface area (Å²) < 4.78 is 1.87. The number of aromatic carboxylic acids is 1. The van der Waals surface area contributed by atoms with Crippen LogP contribution >= 0.6 is 23.2 Å². The minimum atomic E-state index is -1.47. The van der Waals surface area contributed by atoms with E-state index in [9.17, 15) is 24.3 Å². The average Bonchev–Trinajstić information content (AvgIpc) is 2.80. The zero-order valence-electron chi connectivity index (χ0n) is 17.1. The first kappa shape index (κ1) is 22.6. The quantitative estimate of drug-likeness (QED) is 0.572. The summed E-state index contributed by atoms with van der Waals surface area (Å²) in [7, 11) is 0. The molecule has 170 valence electrons. The molecule has 2 aromatic carbocycles. The number of aromatic nitrogens is 2. The molecule has 11 heteroatoms. The molecule has 9 nitrogen and oxygen atoms in total. The Hall–Kier alpha value is -3.56. The summed E-state index contributed by atoms with van der Waals surface area (Å²) in [6, 6.07) is 11.0. The van der Waals surface area contributed by atoms with Crippen molar-refractivity contribution in [1.82, 2.24) is 14.5 Å². The molecule has 1 aliphatic rings. The molecule has 0 unspecified atom stereocenters. The van der Waals surface area contributed by atoms with Crippen LogP contribution in [0.5, 0.6) is 0 Å². The van der Waals surface area contributed by atoms with Crippen LogP contribution in [-0.2, 0) is 6.54 Å². The number of carboxylic acid groups (broad SMARTS) is 1. The smallest absolute Gasteiger partial charge is 0.342 e. The van der Waals surface area contributed by atoms with Crippen molar-refractivity contribution >= 4 is 40.9 Å². The highest BCUT2D eigenvalue weighted by Gasteiger charge is 2.21. The number of carbonyl (C=O) groups excluding carboxylic acids is 1. The fourth-order valence-electron chi connectivity index (χ4n) is 3.58. The number of nitrogens with zero attached hydrogens (tertiary/aromatic N) is 3. The number of urea groups is 1. The van der Waals surface area contributed by atoms with E-state index >= 15 is 0 Å². The maximum Gasteiger partial charge on any atom is 0.342 e. The van der Waals surface area contributed by atoms with E-state index in [1.165, 1.54) is 0 Å². The van der Waals surface area contributed by atoms with Crippen LogP contribution in [0.1, 0.15) is 22.3 Å². The summed E-state index contributed by atoms with van der Waals surface area (Å²) in [6.45, 7) is 0.905. The van der Waals surface area contributed by atoms with Crippen LogP contribution in [-0.4, -0.2) is 39.3 Å². The number of benzene rings is 2. The molecule has 1 aliphatic heterocycles. The molecule has 1 aromatic heterocycles. The normalized spacial score (nSPS) is 13.6. The fraction of sp³-hybridized carbons (Fsp3) is 0.182. The minimum Gasteiger partial charge on any atom is -0.477 e. The third-order valence-corrected chi connectivity index (χ3v) is 6.14. The lowest BCUT2D eigenvalue weighted by Crippen LogP contribution is -2.46. The van der Waals surface area contributed by atoms with Crippen LogP contribution in [0.2, 0.25) is 10.0 Å². The number of anilines is 1. The van der Waals surface area contributed by atoms with Crippen molar-refractivity contribution in [2.45, 2.75) is 13.0 Å². The highest BCUT2D eigenvalue weighted by atomic mass is 35.5. The largest absolute Gasteiger partial charge is 0.477 e. The Morgan fingerprint density at radius 2 is 1.73 bits per heavy atom. The molecule has 3 aromatic rings. The molecule has 0 radical (unpaired) electrons. The zero-order valence-corrected chi connectivity index (χ0v) is 18.6. The van der Waals surface area contributed by atoms with Crippen LogP contribution in [0.4, 0.5) is 10.5 Å². The van der Waals surface area contributed by atoms with Crippen molar-refractivity contribution in [1.29, 1.82) is 0 Å². The second-order valence-corrected chi connectivity index (χ2v) is 8.14. The fourth-order valence-corrected chi connectivity index (χ4v) is 3.96. The standard InChI is InChI=1S/C22H18Cl2N4O5/c23-17-4-1-3-13(18(17)24)11-28-19(29)16(20(30)31)12-27(22(28)33)15-7-5-14(6-8-15)26-10-2-9-25-21(26)32/h1,3-8,12H,2,9-11H2,(H,25,32)(H,30,31). The van der Waals surface area contributed by atoms with Gasteiger partial charge in [0.15, 0.2) is 0 Å². The summed E-state index contributed by atoms with van der Waals surface area (Å²) in [5, 5.41) is 12.7. The predicted molar refractivity (Wildman–Crippen MR) is 124 cm³/mol. The van der Waals surface area contributed by atoms with Gasteiger partial charge in [-0.2, -0.15) is 0 Å². The van der Waals surface area contributed by atoms with Gasteiger partial charge in [0.2, 0.25) is 0 Å². The summed E-state index contributed by atoms with van der Waals surface area (Å²) in [6.07, 6.45) is 1.79. The molecule has 2 heterocycles. The van der Waals surface area contributed by atoms with Gasteiger partial charge in [0, 0.05) is 25.0 Å². The molecular formula is C22H18Cl2N4O5. The Kier molecular flexibility index (Phi) is 6.26. The van der Waals surface area contributed by atoms with Gasteiger partial charge in [-0.15, -0.1) is 0 Å². The maximum atomic E-state index is 13.2. The highest BCUT2D eigenvalue weighted by molar-refractivity contribution is 6.42. The first-order chi connectivity index (χ1) is 15.8. The Morgan fingerprint density at radius 3 is 2.39 bits per heavy atom. The molecule has 4 rings (SSSR count). The average molecular weight is 489 g/mol. The van der Waals surface area contributed by atoms with E-state index in [1.54, 1.807) is 47.4 Å². The van der Waals surface area contributed by atoms with Gasteiger partial charge in [-0.25, -0.2) is 14.4 Å². The molecule has 2 amide bonds. The number of halogens is 2. The van der Waals surface area contributed by atoms with Crippen molar-refractivity contribution in [2.75, 3.05) is 18.0 Å². The Labute approximate surface area is 197 Å². The van der Waals surface area contributed by atoms with Gasteiger partial charge in [0.25, 0.3) is 5.56 Å². The molecule has 0 saturated carbocycles. The number of hydrogen-bond donors (Lipinski definition) is 2. The molecule has 1 saturated heterocycles. The van der Waals surface area contributed by atoms with Crippen LogP contribution in [0.3, 0.4) is 0 Å². The second kappa shape index (κ2) is 9.13. The molecule has 2 N–H and O–H groups in total. The maximum absolute atomic E-state index is 13.2. The second-order valence-electron chi connectivity index (χ2n) is 7.36. The molecule has 0 atom stereocenters. The number of nitrogens with one attached hydrogen (secondary N) is 1. The van der Waals surface area contributed by atoms with E-state index in [-0.39, 0.29) is 22.6 Å². The lowest BCUT2D eigenvalue weighted by molar-refractivity contribution is 0.0693. The van der Waals surface area contributed by atoms with Gasteiger partial charge in [-0.3, -0.25) is 18.8 Å². The Morgan fingerprint density at radius 1 is 1.03 bits per heavy atom. The zero-order chi connectivity index (χ0) is 23.7. The molecule has 0 bridgehead atoms. The lowest BCUT2D eigenvalue weighted by atomic mass is 10.2. The molecular weight excluding hydrogens is 471 g/mol. The van der Waals surface area contributed by atoms with Crippen molar-refractivity contribution in [3.63, 3.8) is 0 Å². The molecule has 0 aliphatic carbocycles. The van der Waals surface area contributed by atoms with Gasteiger partial charge in [-0.1, -0.05) is 35.3 Å². The summed E-state index contributed by atoms with van der Waals surface area (Å²) in [4.78, 5) is 51.3.